The molecule has 0 aliphatic carbocycles. The molecule has 2 amide bonds. The molecule has 0 saturated heterocycles. The van der Waals surface area contributed by atoms with E-state index in [1.807, 2.05) is 0 Å². The number of benzene rings is 2. The molecule has 0 spiro atoms. The van der Waals surface area contributed by atoms with Gasteiger partial charge in [0.25, 0.3) is 11.8 Å². The maximum absolute atomic E-state index is 12.3. The van der Waals surface area contributed by atoms with Gasteiger partial charge >= 0.3 is 11.6 Å². The topological polar surface area (TPSA) is 93.9 Å². The molecule has 7 heteroatoms. The first-order chi connectivity index (χ1) is 12.5. The van der Waals surface area contributed by atoms with Gasteiger partial charge in [-0.05, 0) is 30.3 Å². The van der Waals surface area contributed by atoms with E-state index in [4.69, 9.17) is 9.15 Å². The fraction of sp³-hybridized carbons (Fsp3) is 0.0526. The van der Waals surface area contributed by atoms with Gasteiger partial charge in [0.05, 0.1) is 11.1 Å². The summed E-state index contributed by atoms with van der Waals surface area (Å²) >= 11 is 0. The van der Waals surface area contributed by atoms with Crippen LogP contribution in [-0.2, 0) is 4.79 Å². The van der Waals surface area contributed by atoms with Gasteiger partial charge in [0.1, 0.15) is 17.9 Å². The molecule has 1 aliphatic heterocycles. The lowest BCUT2D eigenvalue weighted by atomic mass is 10.1. The number of nitrogens with zero attached hydrogens (tertiary/aromatic N) is 1. The fourth-order valence-corrected chi connectivity index (χ4v) is 2.78. The van der Waals surface area contributed by atoms with Crippen molar-refractivity contribution in [2.24, 2.45) is 0 Å². The molecule has 1 aromatic heterocycles. The zero-order valence-electron chi connectivity index (χ0n) is 13.3. The van der Waals surface area contributed by atoms with E-state index in [0.717, 1.165) is 4.90 Å². The van der Waals surface area contributed by atoms with Crippen LogP contribution in [0.3, 0.4) is 0 Å². The van der Waals surface area contributed by atoms with E-state index in [1.54, 1.807) is 24.3 Å². The number of hydrogen-bond donors (Lipinski definition) is 0. The van der Waals surface area contributed by atoms with Crippen molar-refractivity contribution in [3.05, 3.63) is 76.1 Å². The smallest absolute Gasteiger partial charge is 0.336 e. The van der Waals surface area contributed by atoms with Crippen molar-refractivity contribution < 1.29 is 23.5 Å². The molecule has 0 unspecified atom stereocenters. The predicted molar refractivity (Wildman–Crippen MR) is 89.9 cm³/mol. The highest BCUT2D eigenvalue weighted by atomic mass is 16.5. The molecule has 1 aliphatic rings. The van der Waals surface area contributed by atoms with Gasteiger partial charge in [-0.3, -0.25) is 14.5 Å². The molecule has 26 heavy (non-hydrogen) atoms. The maximum atomic E-state index is 12.3. The van der Waals surface area contributed by atoms with Gasteiger partial charge in [-0.15, -0.1) is 0 Å². The Balaban J connectivity index is 1.52. The Morgan fingerprint density at radius 2 is 1.58 bits per heavy atom. The second-order valence-corrected chi connectivity index (χ2v) is 5.67. The predicted octanol–water partition coefficient (Wildman–Crippen LogP) is 1.99. The van der Waals surface area contributed by atoms with Gasteiger partial charge in [0.15, 0.2) is 0 Å². The molecule has 0 atom stereocenters. The molecule has 3 aromatic rings. The van der Waals surface area contributed by atoms with Crippen molar-refractivity contribution >= 4 is 28.8 Å². The summed E-state index contributed by atoms with van der Waals surface area (Å²) in [7, 11) is 0. The second-order valence-electron chi connectivity index (χ2n) is 5.67. The quantitative estimate of drug-likeness (QED) is 0.311. The van der Waals surface area contributed by atoms with Crippen LogP contribution in [0.5, 0.6) is 5.75 Å². The van der Waals surface area contributed by atoms with E-state index in [9.17, 15) is 19.2 Å². The third-order valence-electron chi connectivity index (χ3n) is 3.99. The van der Waals surface area contributed by atoms with Gasteiger partial charge in [0, 0.05) is 17.5 Å². The minimum absolute atomic E-state index is 0.147. The van der Waals surface area contributed by atoms with Crippen LogP contribution in [0, 0.1) is 0 Å². The number of fused-ring (bicyclic) bond motifs is 2. The third-order valence-corrected chi connectivity index (χ3v) is 3.99. The number of hydrogen-bond acceptors (Lipinski definition) is 6. The van der Waals surface area contributed by atoms with Gasteiger partial charge in [-0.2, -0.15) is 0 Å². The van der Waals surface area contributed by atoms with Crippen LogP contribution >= 0.6 is 0 Å². The Morgan fingerprint density at radius 1 is 0.923 bits per heavy atom. The Labute approximate surface area is 146 Å². The van der Waals surface area contributed by atoms with E-state index >= 15 is 0 Å². The molecule has 128 valence electrons. The van der Waals surface area contributed by atoms with Crippen molar-refractivity contribution in [2.45, 2.75) is 0 Å². The Bertz CT molecular complexity index is 1100. The van der Waals surface area contributed by atoms with E-state index < -0.39 is 30.0 Å². The van der Waals surface area contributed by atoms with Crippen molar-refractivity contribution in [3.8, 4) is 5.75 Å². The van der Waals surface area contributed by atoms with Crippen LogP contribution in [0.1, 0.15) is 20.7 Å². The molecular formula is C19H11NO6. The molecule has 0 radical (unpaired) electrons. The van der Waals surface area contributed by atoms with Crippen molar-refractivity contribution in [3.63, 3.8) is 0 Å². The average molecular weight is 349 g/mol. The van der Waals surface area contributed by atoms with E-state index in [1.165, 1.54) is 30.3 Å². The molecule has 0 bridgehead atoms. The zero-order valence-corrected chi connectivity index (χ0v) is 13.3. The summed E-state index contributed by atoms with van der Waals surface area (Å²) in [4.78, 5) is 48.8. The number of carbonyl (C=O) groups is 3. The summed E-state index contributed by atoms with van der Waals surface area (Å²) in [6.45, 7) is -0.511. The van der Waals surface area contributed by atoms with Gasteiger partial charge in [-0.25, -0.2) is 9.59 Å². The summed E-state index contributed by atoms with van der Waals surface area (Å²) in [5, 5.41) is 0.671. The normalized spacial score (nSPS) is 13.2. The number of rotatable bonds is 3. The summed E-state index contributed by atoms with van der Waals surface area (Å²) in [6, 6.07) is 13.8. The number of imide groups is 1. The SMILES string of the molecule is O=C(CN1C(=O)c2ccccc2C1=O)Oc1ccc2ccc(=O)oc2c1. The van der Waals surface area contributed by atoms with Gasteiger partial charge in [0.2, 0.25) is 0 Å². The number of ether oxygens (including phenoxy) is 1. The Morgan fingerprint density at radius 3 is 2.27 bits per heavy atom. The molecule has 4 rings (SSSR count). The van der Waals surface area contributed by atoms with Crippen LogP contribution in [-0.4, -0.2) is 29.2 Å². The molecule has 0 saturated carbocycles. The molecule has 2 heterocycles. The van der Waals surface area contributed by atoms with Crippen molar-refractivity contribution in [1.29, 1.82) is 0 Å². The second kappa shape index (κ2) is 5.96. The molecular weight excluding hydrogens is 338 g/mol. The first-order valence-electron chi connectivity index (χ1n) is 7.73. The van der Waals surface area contributed by atoms with Crippen LogP contribution in [0.4, 0.5) is 0 Å². The fourth-order valence-electron chi connectivity index (χ4n) is 2.78. The molecule has 0 N–H and O–H groups in total. The first kappa shape index (κ1) is 15.8. The highest BCUT2D eigenvalue weighted by molar-refractivity contribution is 6.22. The lowest BCUT2D eigenvalue weighted by Gasteiger charge is -2.13. The minimum Gasteiger partial charge on any atom is -0.425 e. The highest BCUT2D eigenvalue weighted by Crippen LogP contribution is 2.23. The van der Waals surface area contributed by atoms with Gasteiger partial charge < -0.3 is 9.15 Å². The summed E-state index contributed by atoms with van der Waals surface area (Å²) in [5.41, 5.74) is 0.270. The van der Waals surface area contributed by atoms with Crippen molar-refractivity contribution in [2.75, 3.05) is 6.54 Å². The van der Waals surface area contributed by atoms with Crippen LogP contribution in [0.25, 0.3) is 11.0 Å². The number of amides is 2. The van der Waals surface area contributed by atoms with Crippen LogP contribution in [0.15, 0.2) is 63.8 Å². The maximum Gasteiger partial charge on any atom is 0.336 e. The number of esters is 1. The summed E-state index contributed by atoms with van der Waals surface area (Å²) in [5.74, 6) is -1.70. The van der Waals surface area contributed by atoms with Gasteiger partial charge in [-0.1, -0.05) is 12.1 Å². The average Bonchev–Trinajstić information content (AvgIpc) is 2.87. The molecule has 0 fully saturated rings. The molecule has 7 nitrogen and oxygen atoms in total. The third kappa shape index (κ3) is 2.65. The van der Waals surface area contributed by atoms with Crippen LogP contribution in [0.2, 0.25) is 0 Å². The Hall–Kier alpha value is -3.74. The standard InChI is InChI=1S/C19H11NO6/c21-16-8-6-11-5-7-12(9-15(11)26-16)25-17(22)10-20-18(23)13-3-1-2-4-14(13)19(20)24/h1-9H,10H2. The Kier molecular flexibility index (Phi) is 3.62. The summed E-state index contributed by atoms with van der Waals surface area (Å²) < 4.78 is 10.2. The number of carbonyl (C=O) groups excluding carboxylic acids is 3. The lowest BCUT2D eigenvalue weighted by molar-refractivity contribution is -0.134. The van der Waals surface area contributed by atoms with Crippen LogP contribution < -0.4 is 10.4 Å². The van der Waals surface area contributed by atoms with E-state index in [2.05, 4.69) is 0 Å². The first-order valence-corrected chi connectivity index (χ1v) is 7.73. The van der Waals surface area contributed by atoms with Crippen molar-refractivity contribution in [1.82, 2.24) is 4.90 Å². The zero-order chi connectivity index (χ0) is 18.3. The minimum atomic E-state index is -0.780. The largest absolute Gasteiger partial charge is 0.425 e. The lowest BCUT2D eigenvalue weighted by Crippen LogP contribution is -2.36. The summed E-state index contributed by atoms with van der Waals surface area (Å²) in [6.07, 6.45) is 0. The monoisotopic (exact) mass is 349 g/mol. The van der Waals surface area contributed by atoms with E-state index in [0.29, 0.717) is 5.39 Å². The molecule has 2 aromatic carbocycles. The van der Waals surface area contributed by atoms with E-state index in [-0.39, 0.29) is 22.5 Å². The highest BCUT2D eigenvalue weighted by Gasteiger charge is 2.36.